The topological polar surface area (TPSA) is 93.9 Å². The number of nitrogens with one attached hydrogen (secondary N) is 1. The fourth-order valence-corrected chi connectivity index (χ4v) is 4.24. The molecule has 1 aliphatic carbocycles. The fourth-order valence-electron chi connectivity index (χ4n) is 4.24. The van der Waals surface area contributed by atoms with E-state index in [2.05, 4.69) is 10.2 Å². The van der Waals surface area contributed by atoms with Crippen LogP contribution in [0.4, 0.5) is 17.1 Å². The molecule has 0 aromatic heterocycles. The monoisotopic (exact) mass is 411 g/mol. The third kappa shape index (κ3) is 4.09. The Balaban J connectivity index is 1.46. The number of hydrogen-bond acceptors (Lipinski definition) is 6. The Morgan fingerprint density at radius 1 is 1.17 bits per heavy atom. The van der Waals surface area contributed by atoms with Crippen LogP contribution in [0.15, 0.2) is 36.4 Å². The first kappa shape index (κ1) is 20.2. The van der Waals surface area contributed by atoms with E-state index in [0.717, 1.165) is 43.2 Å². The van der Waals surface area contributed by atoms with E-state index >= 15 is 0 Å². The summed E-state index contributed by atoms with van der Waals surface area (Å²) in [6.45, 7) is 3.15. The van der Waals surface area contributed by atoms with Crippen LogP contribution in [0.3, 0.4) is 0 Å². The van der Waals surface area contributed by atoms with Crippen molar-refractivity contribution in [2.75, 3.05) is 43.6 Å². The Morgan fingerprint density at radius 3 is 2.57 bits per heavy atom. The number of amides is 1. The molecule has 2 aliphatic rings. The van der Waals surface area contributed by atoms with Crippen LogP contribution >= 0.6 is 0 Å². The summed E-state index contributed by atoms with van der Waals surface area (Å²) in [5, 5.41) is 14.4. The molecular weight excluding hydrogens is 386 g/mol. The molecule has 1 aliphatic heterocycles. The van der Waals surface area contributed by atoms with Gasteiger partial charge in [0.15, 0.2) is 0 Å². The second kappa shape index (κ2) is 8.71. The van der Waals surface area contributed by atoms with Crippen LogP contribution in [0.25, 0.3) is 0 Å². The highest BCUT2D eigenvalue weighted by atomic mass is 16.6. The number of anilines is 2. The number of rotatable bonds is 5. The van der Waals surface area contributed by atoms with Crippen LogP contribution in [-0.4, -0.2) is 44.2 Å². The molecule has 0 spiro atoms. The van der Waals surface area contributed by atoms with Gasteiger partial charge in [-0.25, -0.2) is 0 Å². The highest BCUT2D eigenvalue weighted by molar-refractivity contribution is 5.93. The molecule has 0 bridgehead atoms. The molecule has 4 rings (SSSR count). The number of benzene rings is 2. The fraction of sp³-hybridized carbons (Fsp3) is 0.409. The smallest absolute Gasteiger partial charge is 0.273 e. The van der Waals surface area contributed by atoms with Crippen LogP contribution in [0.1, 0.15) is 17.5 Å². The van der Waals surface area contributed by atoms with Crippen molar-refractivity contribution < 1.29 is 19.2 Å². The Kier molecular flexibility index (Phi) is 5.85. The molecule has 1 N–H and O–H groups in total. The van der Waals surface area contributed by atoms with E-state index in [1.165, 1.54) is 6.07 Å². The van der Waals surface area contributed by atoms with E-state index in [4.69, 9.17) is 9.47 Å². The van der Waals surface area contributed by atoms with Gasteiger partial charge in [0, 0.05) is 47.6 Å². The van der Waals surface area contributed by atoms with Gasteiger partial charge in [0.25, 0.3) is 5.69 Å². The van der Waals surface area contributed by atoms with Gasteiger partial charge in [-0.2, -0.15) is 0 Å². The zero-order chi connectivity index (χ0) is 21.1. The molecule has 1 heterocycles. The Bertz CT molecular complexity index is 939. The lowest BCUT2D eigenvalue weighted by Crippen LogP contribution is -2.36. The quantitative estimate of drug-likeness (QED) is 0.600. The molecule has 1 saturated heterocycles. The average molecular weight is 411 g/mol. The highest BCUT2D eigenvalue weighted by Crippen LogP contribution is 2.38. The van der Waals surface area contributed by atoms with Crippen LogP contribution in [0.2, 0.25) is 0 Å². The molecule has 1 atom stereocenters. The summed E-state index contributed by atoms with van der Waals surface area (Å²) in [6.07, 6.45) is 1.54. The highest BCUT2D eigenvalue weighted by Gasteiger charge is 2.31. The van der Waals surface area contributed by atoms with Crippen LogP contribution in [-0.2, 0) is 22.4 Å². The van der Waals surface area contributed by atoms with Crippen molar-refractivity contribution in [1.82, 2.24) is 0 Å². The van der Waals surface area contributed by atoms with E-state index in [-0.39, 0.29) is 22.4 Å². The Morgan fingerprint density at radius 2 is 1.90 bits per heavy atom. The van der Waals surface area contributed by atoms with Crippen molar-refractivity contribution >= 4 is 23.0 Å². The van der Waals surface area contributed by atoms with E-state index in [0.29, 0.717) is 30.6 Å². The Hall–Kier alpha value is -3.13. The lowest BCUT2D eigenvalue weighted by molar-refractivity contribution is -0.385. The molecule has 1 fully saturated rings. The van der Waals surface area contributed by atoms with Crippen LogP contribution in [0, 0.1) is 16.0 Å². The maximum Gasteiger partial charge on any atom is 0.273 e. The van der Waals surface area contributed by atoms with Crippen molar-refractivity contribution in [3.8, 4) is 5.75 Å². The minimum Gasteiger partial charge on any atom is -0.496 e. The number of hydrogen-bond donors (Lipinski definition) is 1. The number of nitro benzene ring substituents is 1. The summed E-state index contributed by atoms with van der Waals surface area (Å²) in [6, 6.07) is 10.9. The van der Waals surface area contributed by atoms with Gasteiger partial charge in [-0.05, 0) is 49.6 Å². The van der Waals surface area contributed by atoms with Gasteiger partial charge in [0.05, 0.1) is 25.2 Å². The summed E-state index contributed by atoms with van der Waals surface area (Å²) in [4.78, 5) is 26.2. The van der Waals surface area contributed by atoms with Gasteiger partial charge in [-0.15, -0.1) is 0 Å². The maximum absolute atomic E-state index is 12.9. The number of nitrogens with zero attached hydrogens (tertiary/aromatic N) is 2. The molecule has 0 radical (unpaired) electrons. The summed E-state index contributed by atoms with van der Waals surface area (Å²) in [7, 11) is 1.56. The normalized spacial score (nSPS) is 18.4. The molecule has 2 aromatic rings. The second-order valence-electron chi connectivity index (χ2n) is 7.58. The minimum absolute atomic E-state index is 0.0539. The largest absolute Gasteiger partial charge is 0.496 e. The number of nitro groups is 1. The van der Waals surface area contributed by atoms with E-state index < -0.39 is 0 Å². The molecule has 1 amide bonds. The van der Waals surface area contributed by atoms with Crippen molar-refractivity contribution in [1.29, 1.82) is 0 Å². The van der Waals surface area contributed by atoms with Crippen LogP contribution in [0.5, 0.6) is 5.75 Å². The molecule has 0 saturated carbocycles. The Labute approximate surface area is 174 Å². The number of carbonyl (C=O) groups is 1. The maximum atomic E-state index is 12.9. The van der Waals surface area contributed by atoms with Gasteiger partial charge in [-0.3, -0.25) is 14.9 Å². The van der Waals surface area contributed by atoms with E-state index in [9.17, 15) is 14.9 Å². The molecular formula is C22H25N3O5. The molecule has 8 nitrogen and oxygen atoms in total. The third-order valence-electron chi connectivity index (χ3n) is 5.86. The lowest BCUT2D eigenvalue weighted by atomic mass is 9.82. The van der Waals surface area contributed by atoms with Crippen molar-refractivity contribution in [3.63, 3.8) is 0 Å². The third-order valence-corrected chi connectivity index (χ3v) is 5.86. The van der Waals surface area contributed by atoms with E-state index in [1.54, 1.807) is 13.2 Å². The molecule has 2 aromatic carbocycles. The van der Waals surface area contributed by atoms with Gasteiger partial charge in [0.1, 0.15) is 5.75 Å². The molecule has 30 heavy (non-hydrogen) atoms. The minimum atomic E-state index is -0.386. The first-order valence-corrected chi connectivity index (χ1v) is 10.1. The first-order valence-electron chi connectivity index (χ1n) is 10.1. The second-order valence-corrected chi connectivity index (χ2v) is 7.58. The number of carbonyl (C=O) groups excluding carboxylic acids is 1. The number of fused-ring (bicyclic) bond motifs is 1. The zero-order valence-electron chi connectivity index (χ0n) is 16.9. The number of methoxy groups -OCH3 is 1. The molecule has 158 valence electrons. The SMILES string of the molecule is COc1ccc([N+](=O)[O-])c2c1CC[C@H](C(=O)Nc1ccc(N3CCOCC3)cc1)C2. The van der Waals surface area contributed by atoms with Gasteiger partial charge < -0.3 is 19.7 Å². The lowest BCUT2D eigenvalue weighted by Gasteiger charge is -2.29. The van der Waals surface area contributed by atoms with Gasteiger partial charge >= 0.3 is 0 Å². The van der Waals surface area contributed by atoms with Crippen molar-refractivity contribution in [2.45, 2.75) is 19.3 Å². The van der Waals surface area contributed by atoms with E-state index in [1.807, 2.05) is 24.3 Å². The number of ether oxygens (including phenoxy) is 2. The average Bonchev–Trinajstić information content (AvgIpc) is 2.78. The van der Waals surface area contributed by atoms with Gasteiger partial charge in [0.2, 0.25) is 5.91 Å². The predicted molar refractivity (Wildman–Crippen MR) is 113 cm³/mol. The summed E-state index contributed by atoms with van der Waals surface area (Å²) in [5.41, 5.74) is 3.32. The predicted octanol–water partition coefficient (Wildman–Crippen LogP) is 3.18. The van der Waals surface area contributed by atoms with Crippen LogP contribution < -0.4 is 15.0 Å². The summed E-state index contributed by atoms with van der Waals surface area (Å²) < 4.78 is 10.7. The molecule has 0 unspecified atom stereocenters. The van der Waals surface area contributed by atoms with Crippen molar-refractivity contribution in [3.05, 3.63) is 57.6 Å². The first-order chi connectivity index (χ1) is 14.6. The molecule has 8 heteroatoms. The standard InChI is InChI=1S/C22H25N3O5/c1-29-21-9-8-20(25(27)28)19-14-15(2-7-18(19)21)22(26)23-16-3-5-17(6-4-16)24-10-12-30-13-11-24/h3-6,8-9,15H,2,7,10-14H2,1H3,(H,23,26)/t15-/m0/s1. The summed E-state index contributed by atoms with van der Waals surface area (Å²) >= 11 is 0. The van der Waals surface area contributed by atoms with Gasteiger partial charge in [-0.1, -0.05) is 0 Å². The zero-order valence-corrected chi connectivity index (χ0v) is 16.9. The van der Waals surface area contributed by atoms with Crippen molar-refractivity contribution in [2.24, 2.45) is 5.92 Å². The summed E-state index contributed by atoms with van der Waals surface area (Å²) in [5.74, 6) is 0.215. The number of morpholine rings is 1.